The number of hydrogen-bond donors (Lipinski definition) is 6. The van der Waals surface area contributed by atoms with Crippen LogP contribution in [0.15, 0.2) is 60.8 Å². The standard InChI is InChI=1S/C36H45N7O6/c1-21(2)17-27(32(37)45)40-34(47)28(19-23-20-38-25-12-7-6-11-24(23)25)41-35(48)30-13-8-16-43(30)36(49)29(18-22-9-4-3-5-10-22)42-33(46)26-14-15-31(44)39-26/h3-7,9-12,20-21,26-30,38H,8,13-19H2,1-2H3,(H2,37,45)(H,39,44)(H,40,47)(H,41,48)(H,42,46)/t26-,27-,28-,29-,30-/m0/s1. The quantitative estimate of drug-likeness (QED) is 0.149. The van der Waals surface area contributed by atoms with Crippen LogP contribution in [0.3, 0.4) is 0 Å². The van der Waals surface area contributed by atoms with Crippen LogP contribution in [0.1, 0.15) is 57.1 Å². The number of rotatable bonds is 14. The highest BCUT2D eigenvalue weighted by molar-refractivity contribution is 5.97. The van der Waals surface area contributed by atoms with Gasteiger partial charge in [0.1, 0.15) is 30.2 Å². The van der Waals surface area contributed by atoms with Gasteiger partial charge in [-0.1, -0.05) is 62.4 Å². The number of nitrogens with one attached hydrogen (secondary N) is 5. The number of benzene rings is 2. The zero-order valence-corrected chi connectivity index (χ0v) is 27.9. The fourth-order valence-corrected chi connectivity index (χ4v) is 6.62. The summed E-state index contributed by atoms with van der Waals surface area (Å²) in [5, 5.41) is 12.0. The zero-order valence-electron chi connectivity index (χ0n) is 27.9. The highest BCUT2D eigenvalue weighted by Crippen LogP contribution is 2.23. The van der Waals surface area contributed by atoms with Crippen LogP contribution in [0.25, 0.3) is 10.9 Å². The normalized spacial score (nSPS) is 19.2. The summed E-state index contributed by atoms with van der Waals surface area (Å²) in [5.74, 6) is -2.78. The minimum absolute atomic E-state index is 0.0757. The third kappa shape index (κ3) is 8.84. The van der Waals surface area contributed by atoms with Gasteiger partial charge in [-0.15, -0.1) is 0 Å². The summed E-state index contributed by atoms with van der Waals surface area (Å²) in [4.78, 5) is 83.7. The van der Waals surface area contributed by atoms with Crippen molar-refractivity contribution in [2.45, 2.75) is 89.0 Å². The van der Waals surface area contributed by atoms with Crippen molar-refractivity contribution in [3.63, 3.8) is 0 Å². The van der Waals surface area contributed by atoms with E-state index in [1.807, 2.05) is 68.4 Å². The van der Waals surface area contributed by atoms with Gasteiger partial charge < -0.3 is 36.9 Å². The van der Waals surface area contributed by atoms with Crippen molar-refractivity contribution in [1.29, 1.82) is 0 Å². The van der Waals surface area contributed by atoms with Crippen molar-refractivity contribution >= 4 is 46.3 Å². The van der Waals surface area contributed by atoms with Crippen molar-refractivity contribution in [2.24, 2.45) is 11.7 Å². The first-order chi connectivity index (χ1) is 23.5. The van der Waals surface area contributed by atoms with Gasteiger partial charge in [-0.25, -0.2) is 0 Å². The predicted octanol–water partition coefficient (Wildman–Crippen LogP) is 1.21. The van der Waals surface area contributed by atoms with E-state index in [-0.39, 0.29) is 37.6 Å². The van der Waals surface area contributed by atoms with E-state index in [0.717, 1.165) is 22.0 Å². The highest BCUT2D eigenvalue weighted by Gasteiger charge is 2.40. The van der Waals surface area contributed by atoms with Gasteiger partial charge in [0.2, 0.25) is 35.4 Å². The van der Waals surface area contributed by atoms with E-state index in [4.69, 9.17) is 5.73 Å². The lowest BCUT2D eigenvalue weighted by Gasteiger charge is -2.30. The van der Waals surface area contributed by atoms with E-state index < -0.39 is 59.7 Å². The van der Waals surface area contributed by atoms with E-state index in [9.17, 15) is 28.8 Å². The number of likely N-dealkylation sites (tertiary alicyclic amines) is 1. The Morgan fingerprint density at radius 3 is 2.29 bits per heavy atom. The first-order valence-electron chi connectivity index (χ1n) is 16.9. The largest absolute Gasteiger partial charge is 0.368 e. The second-order valence-electron chi connectivity index (χ2n) is 13.3. The molecule has 0 aliphatic carbocycles. The molecule has 0 saturated carbocycles. The number of carbonyl (C=O) groups is 6. The Bertz CT molecular complexity index is 1690. The molecule has 0 bridgehead atoms. The van der Waals surface area contributed by atoms with Crippen molar-refractivity contribution < 1.29 is 28.8 Å². The lowest BCUT2D eigenvalue weighted by Crippen LogP contribution is -2.59. The zero-order chi connectivity index (χ0) is 35.1. The van der Waals surface area contributed by atoms with E-state index in [1.165, 1.54) is 4.90 Å². The average molecular weight is 672 g/mol. The molecule has 5 rings (SSSR count). The lowest BCUT2D eigenvalue weighted by molar-refractivity contribution is -0.142. The first-order valence-corrected chi connectivity index (χ1v) is 16.9. The molecular weight excluding hydrogens is 626 g/mol. The van der Waals surface area contributed by atoms with Gasteiger partial charge in [-0.3, -0.25) is 28.8 Å². The number of nitrogens with two attached hydrogens (primary N) is 1. The summed E-state index contributed by atoms with van der Waals surface area (Å²) < 4.78 is 0. The fourth-order valence-electron chi connectivity index (χ4n) is 6.62. The number of primary amides is 1. The summed E-state index contributed by atoms with van der Waals surface area (Å²) in [6, 6.07) is 12.2. The topological polar surface area (TPSA) is 196 Å². The summed E-state index contributed by atoms with van der Waals surface area (Å²) in [6.45, 7) is 4.11. The molecule has 3 aromatic rings. The van der Waals surface area contributed by atoms with Gasteiger partial charge in [0.15, 0.2) is 0 Å². The minimum atomic E-state index is -1.08. The molecule has 0 radical (unpaired) electrons. The highest BCUT2D eigenvalue weighted by atomic mass is 16.2. The molecular formula is C36H45N7O6. The SMILES string of the molecule is CC(C)C[C@H](NC(=O)[C@H](Cc1c[nH]c2ccccc12)NC(=O)[C@@H]1CCCN1C(=O)[C@H](Cc1ccccc1)NC(=O)[C@@H]1CCC(=O)N1)C(N)=O. The molecule has 7 N–H and O–H groups in total. The summed E-state index contributed by atoms with van der Waals surface area (Å²) in [7, 11) is 0. The number of aromatic nitrogens is 1. The molecule has 2 fully saturated rings. The molecule has 1 aromatic heterocycles. The number of hydrogen-bond acceptors (Lipinski definition) is 6. The fraction of sp³-hybridized carbons (Fsp3) is 0.444. The van der Waals surface area contributed by atoms with Crippen LogP contribution in [0.4, 0.5) is 0 Å². The molecule has 2 aliphatic rings. The van der Waals surface area contributed by atoms with Gasteiger partial charge in [-0.2, -0.15) is 0 Å². The van der Waals surface area contributed by atoms with Crippen LogP contribution in [0.5, 0.6) is 0 Å². The van der Waals surface area contributed by atoms with Crippen LogP contribution in [0.2, 0.25) is 0 Å². The Hall–Kier alpha value is -5.20. The molecule has 0 spiro atoms. The van der Waals surface area contributed by atoms with Crippen molar-refractivity contribution in [2.75, 3.05) is 6.54 Å². The monoisotopic (exact) mass is 671 g/mol. The Morgan fingerprint density at radius 1 is 0.878 bits per heavy atom. The van der Waals surface area contributed by atoms with Crippen molar-refractivity contribution in [1.82, 2.24) is 31.2 Å². The number of fused-ring (bicyclic) bond motifs is 1. The number of aromatic amines is 1. The van der Waals surface area contributed by atoms with Crippen molar-refractivity contribution in [3.05, 3.63) is 71.9 Å². The summed E-state index contributed by atoms with van der Waals surface area (Å²) in [6.07, 6.45) is 3.90. The van der Waals surface area contributed by atoms with E-state index in [2.05, 4.69) is 26.3 Å². The molecule has 13 nitrogen and oxygen atoms in total. The van der Waals surface area contributed by atoms with E-state index >= 15 is 0 Å². The second-order valence-corrected chi connectivity index (χ2v) is 13.3. The lowest BCUT2D eigenvalue weighted by atomic mass is 10.0. The second kappa shape index (κ2) is 15.8. The van der Waals surface area contributed by atoms with Crippen LogP contribution in [0, 0.1) is 5.92 Å². The van der Waals surface area contributed by atoms with Gasteiger partial charge in [0, 0.05) is 42.9 Å². The number of para-hydroxylation sites is 1. The van der Waals surface area contributed by atoms with Crippen LogP contribution < -0.4 is 27.0 Å². The summed E-state index contributed by atoms with van der Waals surface area (Å²) >= 11 is 0. The molecule has 2 aliphatic heterocycles. The average Bonchev–Trinajstić information content (AvgIpc) is 3.84. The molecule has 6 amide bonds. The summed E-state index contributed by atoms with van der Waals surface area (Å²) in [5.41, 5.74) is 8.10. The predicted molar refractivity (Wildman–Crippen MR) is 182 cm³/mol. The van der Waals surface area contributed by atoms with Crippen LogP contribution in [-0.2, 0) is 41.6 Å². The third-order valence-electron chi connectivity index (χ3n) is 9.15. The molecule has 0 unspecified atom stereocenters. The Balaban J connectivity index is 1.36. The van der Waals surface area contributed by atoms with Crippen LogP contribution >= 0.6 is 0 Å². The molecule has 5 atom stereocenters. The number of H-pyrrole nitrogens is 1. The number of amides is 6. The maximum atomic E-state index is 14.1. The maximum absolute atomic E-state index is 14.1. The molecule has 13 heteroatoms. The molecule has 49 heavy (non-hydrogen) atoms. The molecule has 2 aromatic carbocycles. The Labute approximate surface area is 285 Å². The van der Waals surface area contributed by atoms with Gasteiger partial charge in [0.25, 0.3) is 0 Å². The first kappa shape index (κ1) is 35.1. The minimum Gasteiger partial charge on any atom is -0.368 e. The van der Waals surface area contributed by atoms with Crippen LogP contribution in [-0.4, -0.2) is 82.1 Å². The smallest absolute Gasteiger partial charge is 0.246 e. The number of carbonyl (C=O) groups excluding carboxylic acids is 6. The van der Waals surface area contributed by atoms with Crippen molar-refractivity contribution in [3.8, 4) is 0 Å². The molecule has 2 saturated heterocycles. The molecule has 260 valence electrons. The maximum Gasteiger partial charge on any atom is 0.246 e. The Kier molecular flexibility index (Phi) is 11.3. The third-order valence-corrected chi connectivity index (χ3v) is 9.15. The van der Waals surface area contributed by atoms with E-state index in [1.54, 1.807) is 6.20 Å². The molecule has 3 heterocycles. The van der Waals surface area contributed by atoms with Gasteiger partial charge in [-0.05, 0) is 48.8 Å². The van der Waals surface area contributed by atoms with Gasteiger partial charge in [0.05, 0.1) is 0 Å². The Morgan fingerprint density at radius 2 is 1.59 bits per heavy atom. The van der Waals surface area contributed by atoms with E-state index in [0.29, 0.717) is 25.7 Å². The van der Waals surface area contributed by atoms with Gasteiger partial charge >= 0.3 is 0 Å². The number of nitrogens with zero attached hydrogens (tertiary/aromatic N) is 1.